The Morgan fingerprint density at radius 1 is 0.679 bits per heavy atom. The number of rotatable bonds is 3. The lowest BCUT2D eigenvalue weighted by atomic mass is 9.88. The lowest BCUT2D eigenvalue weighted by Gasteiger charge is -2.09. The molecule has 0 bridgehead atoms. The Morgan fingerprint density at radius 3 is 2.04 bits per heavy atom. The molecule has 0 atom stereocenters. The highest BCUT2D eigenvalue weighted by atomic mass is 19.1. The van der Waals surface area contributed by atoms with Crippen molar-refractivity contribution < 1.29 is 9.41 Å². The van der Waals surface area contributed by atoms with Crippen molar-refractivity contribution in [3.05, 3.63) is 96.8 Å². The van der Waals surface area contributed by atoms with Gasteiger partial charge in [-0.1, -0.05) is 60.1 Å². The monoisotopic (exact) mass is 365 g/mol. The molecular formula is C24H17BFNO. The van der Waals surface area contributed by atoms with Gasteiger partial charge in [-0.05, 0) is 47.5 Å². The van der Waals surface area contributed by atoms with E-state index in [1.165, 1.54) is 12.1 Å². The van der Waals surface area contributed by atoms with Crippen LogP contribution in [-0.2, 0) is 0 Å². The van der Waals surface area contributed by atoms with Gasteiger partial charge in [0.1, 0.15) is 5.82 Å². The quantitative estimate of drug-likeness (QED) is 0.466. The third-order valence-corrected chi connectivity index (χ3v) is 5.22. The highest BCUT2D eigenvalue weighted by Crippen LogP contribution is 2.32. The topological polar surface area (TPSA) is 25.2 Å². The molecule has 0 saturated heterocycles. The Kier molecular flexibility index (Phi) is 3.99. The van der Waals surface area contributed by atoms with Crippen molar-refractivity contribution in [3.63, 3.8) is 0 Å². The molecule has 4 aromatic carbocycles. The molecular weight excluding hydrogens is 348 g/mol. The number of fused-ring (bicyclic) bond motifs is 3. The van der Waals surface area contributed by atoms with E-state index in [0.717, 1.165) is 44.1 Å². The van der Waals surface area contributed by atoms with Gasteiger partial charge in [-0.25, -0.2) is 4.39 Å². The molecule has 0 saturated carbocycles. The summed E-state index contributed by atoms with van der Waals surface area (Å²) in [5.74, 6) is -0.229. The van der Waals surface area contributed by atoms with Gasteiger partial charge in [-0.3, -0.25) is 0 Å². The van der Waals surface area contributed by atoms with Gasteiger partial charge in [0.2, 0.25) is 0 Å². The van der Waals surface area contributed by atoms with E-state index in [4.69, 9.17) is 0 Å². The van der Waals surface area contributed by atoms with Crippen molar-refractivity contribution in [1.29, 1.82) is 0 Å². The van der Waals surface area contributed by atoms with E-state index in [9.17, 15) is 9.41 Å². The summed E-state index contributed by atoms with van der Waals surface area (Å²) in [4.78, 5) is 0. The Labute approximate surface area is 162 Å². The lowest BCUT2D eigenvalue weighted by molar-refractivity contribution is 0.615. The molecule has 0 radical (unpaired) electrons. The van der Waals surface area contributed by atoms with Crippen LogP contribution in [0.25, 0.3) is 38.6 Å². The molecule has 1 heterocycles. The first kappa shape index (κ1) is 16.8. The maximum absolute atomic E-state index is 13.2. The number of benzene rings is 4. The average molecular weight is 365 g/mol. The Bertz CT molecular complexity index is 1290. The fourth-order valence-corrected chi connectivity index (χ4v) is 3.84. The number of hydrogen-bond donors (Lipinski definition) is 1. The van der Waals surface area contributed by atoms with Crippen LogP contribution in [0.4, 0.5) is 4.39 Å². The number of hydrogen-bond acceptors (Lipinski definition) is 1. The summed E-state index contributed by atoms with van der Waals surface area (Å²) in [7, 11) is 0.0296. The summed E-state index contributed by atoms with van der Waals surface area (Å²) >= 11 is 0. The third kappa shape index (κ3) is 2.70. The van der Waals surface area contributed by atoms with Crippen LogP contribution in [0.2, 0.25) is 0 Å². The van der Waals surface area contributed by atoms with E-state index in [1.54, 1.807) is 12.1 Å². The van der Waals surface area contributed by atoms with Crippen molar-refractivity contribution in [2.45, 2.75) is 0 Å². The van der Waals surface area contributed by atoms with Crippen LogP contribution in [0, 0.1) is 5.82 Å². The second-order valence-electron chi connectivity index (χ2n) is 6.92. The number of para-hydroxylation sites is 1. The SMILES string of the molecule is OBc1ccc2c(c1)c1ccccc1n2-c1ccc(-c2ccc(F)cc2)cc1. The van der Waals surface area contributed by atoms with E-state index in [2.05, 4.69) is 53.1 Å². The van der Waals surface area contributed by atoms with Gasteiger partial charge < -0.3 is 9.59 Å². The predicted molar refractivity (Wildman–Crippen MR) is 115 cm³/mol. The fourth-order valence-electron chi connectivity index (χ4n) is 3.84. The maximum Gasteiger partial charge on any atom is 0.304 e. The molecule has 134 valence electrons. The van der Waals surface area contributed by atoms with Crippen LogP contribution in [-0.4, -0.2) is 17.1 Å². The van der Waals surface area contributed by atoms with Crippen LogP contribution in [0.1, 0.15) is 0 Å². The van der Waals surface area contributed by atoms with Gasteiger partial charge in [-0.15, -0.1) is 0 Å². The molecule has 1 aromatic heterocycles. The van der Waals surface area contributed by atoms with Gasteiger partial charge >= 0.3 is 7.48 Å². The van der Waals surface area contributed by atoms with Crippen LogP contribution in [0.5, 0.6) is 0 Å². The molecule has 0 unspecified atom stereocenters. The Morgan fingerprint density at radius 2 is 1.32 bits per heavy atom. The minimum Gasteiger partial charge on any atom is -0.449 e. The number of halogens is 1. The predicted octanol–water partition coefficient (Wildman–Crippen LogP) is 4.56. The molecule has 0 spiro atoms. The van der Waals surface area contributed by atoms with Gasteiger partial charge in [0.15, 0.2) is 0 Å². The summed E-state index contributed by atoms with van der Waals surface area (Å²) in [6, 6.07) is 29.2. The standard InChI is InChI=1S/C24H17BFNO/c26-19-10-5-16(6-11-19)17-7-12-20(13-8-17)27-23-4-2-1-3-21(23)22-15-18(25-28)9-14-24(22)27/h1-15,25,28H. The van der Waals surface area contributed by atoms with Crippen LogP contribution >= 0.6 is 0 Å². The number of nitrogens with zero attached hydrogens (tertiary/aromatic N) is 1. The molecule has 0 fully saturated rings. The zero-order chi connectivity index (χ0) is 19.1. The summed E-state index contributed by atoms with van der Waals surface area (Å²) in [5, 5.41) is 11.8. The first-order chi connectivity index (χ1) is 13.7. The molecule has 4 heteroatoms. The van der Waals surface area contributed by atoms with Gasteiger partial charge in [0, 0.05) is 16.5 Å². The third-order valence-electron chi connectivity index (χ3n) is 5.22. The van der Waals surface area contributed by atoms with E-state index in [1.807, 2.05) is 18.2 Å². The second kappa shape index (κ2) is 6.66. The number of aromatic nitrogens is 1. The van der Waals surface area contributed by atoms with E-state index >= 15 is 0 Å². The van der Waals surface area contributed by atoms with Crippen molar-refractivity contribution in [3.8, 4) is 16.8 Å². The second-order valence-corrected chi connectivity index (χ2v) is 6.92. The molecule has 0 aliphatic carbocycles. The van der Waals surface area contributed by atoms with Gasteiger partial charge in [-0.2, -0.15) is 0 Å². The summed E-state index contributed by atoms with van der Waals surface area (Å²) in [5.41, 5.74) is 6.24. The Hall–Kier alpha value is -3.37. The largest absolute Gasteiger partial charge is 0.449 e. The highest BCUT2D eigenvalue weighted by molar-refractivity contribution is 6.46. The average Bonchev–Trinajstić information content (AvgIpc) is 3.08. The summed E-state index contributed by atoms with van der Waals surface area (Å²) in [6.45, 7) is 0. The van der Waals surface area contributed by atoms with Crippen molar-refractivity contribution >= 4 is 34.8 Å². The van der Waals surface area contributed by atoms with Crippen LogP contribution in [0.15, 0.2) is 91.0 Å². The van der Waals surface area contributed by atoms with Crippen LogP contribution < -0.4 is 5.46 Å². The summed E-state index contributed by atoms with van der Waals surface area (Å²) < 4.78 is 15.4. The first-order valence-corrected chi connectivity index (χ1v) is 9.24. The van der Waals surface area contributed by atoms with E-state index in [-0.39, 0.29) is 13.3 Å². The molecule has 28 heavy (non-hydrogen) atoms. The lowest BCUT2D eigenvalue weighted by Crippen LogP contribution is -2.12. The zero-order valence-corrected chi connectivity index (χ0v) is 15.1. The minimum atomic E-state index is -0.229. The van der Waals surface area contributed by atoms with Crippen molar-refractivity contribution in [1.82, 2.24) is 4.57 Å². The molecule has 0 amide bonds. The normalized spacial score (nSPS) is 11.2. The molecule has 1 N–H and O–H groups in total. The van der Waals surface area contributed by atoms with Gasteiger partial charge in [0.05, 0.1) is 11.0 Å². The molecule has 0 aliphatic heterocycles. The molecule has 5 aromatic rings. The van der Waals surface area contributed by atoms with Crippen molar-refractivity contribution in [2.24, 2.45) is 0 Å². The van der Waals surface area contributed by atoms with Gasteiger partial charge in [0.25, 0.3) is 0 Å². The minimum absolute atomic E-state index is 0.0296. The smallest absolute Gasteiger partial charge is 0.304 e. The fraction of sp³-hybridized carbons (Fsp3) is 0. The molecule has 0 aliphatic rings. The zero-order valence-electron chi connectivity index (χ0n) is 15.1. The highest BCUT2D eigenvalue weighted by Gasteiger charge is 2.12. The first-order valence-electron chi connectivity index (χ1n) is 9.24. The summed E-state index contributed by atoms with van der Waals surface area (Å²) in [6.07, 6.45) is 0. The molecule has 5 rings (SSSR count). The van der Waals surface area contributed by atoms with E-state index in [0.29, 0.717) is 0 Å². The maximum atomic E-state index is 13.2. The van der Waals surface area contributed by atoms with Crippen molar-refractivity contribution in [2.75, 3.05) is 0 Å². The Balaban J connectivity index is 1.69. The molecule has 2 nitrogen and oxygen atoms in total. The van der Waals surface area contributed by atoms with Crippen LogP contribution in [0.3, 0.4) is 0 Å². The van der Waals surface area contributed by atoms with E-state index < -0.39 is 0 Å².